The fourth-order valence-corrected chi connectivity index (χ4v) is 11.4. The smallest absolute Gasteiger partial charge is 0.305 e. The van der Waals surface area contributed by atoms with Gasteiger partial charge in [0.25, 0.3) is 0 Å². The number of ether oxygens (including phenoxy) is 1. The van der Waals surface area contributed by atoms with E-state index < -0.39 is 12.1 Å². The lowest BCUT2D eigenvalue weighted by Crippen LogP contribution is -2.45. The maximum absolute atomic E-state index is 12.5. The summed E-state index contributed by atoms with van der Waals surface area (Å²) in [4.78, 5) is 24.6. The van der Waals surface area contributed by atoms with Gasteiger partial charge in [0.15, 0.2) is 0 Å². The molecule has 0 bridgehead atoms. The molecule has 0 saturated carbocycles. The molecule has 0 aromatic rings. The largest absolute Gasteiger partial charge is 0.466 e. The molecule has 0 spiro atoms. The van der Waals surface area contributed by atoms with Gasteiger partial charge in [0.05, 0.1) is 25.4 Å². The molecule has 6 nitrogen and oxygen atoms in total. The van der Waals surface area contributed by atoms with Gasteiger partial charge in [-0.25, -0.2) is 0 Å². The molecule has 1 amide bonds. The van der Waals surface area contributed by atoms with Gasteiger partial charge in [0.1, 0.15) is 0 Å². The van der Waals surface area contributed by atoms with Crippen LogP contribution >= 0.6 is 0 Å². The molecule has 3 N–H and O–H groups in total. The Morgan fingerprint density at radius 3 is 0.813 bits per heavy atom. The lowest BCUT2D eigenvalue weighted by Gasteiger charge is -2.22. The Kier molecular flexibility index (Phi) is 64.4. The van der Waals surface area contributed by atoms with Crippen LogP contribution in [0.25, 0.3) is 0 Å². The summed E-state index contributed by atoms with van der Waals surface area (Å²) in [7, 11) is 0. The van der Waals surface area contributed by atoms with Crippen LogP contribution < -0.4 is 5.32 Å². The van der Waals surface area contributed by atoms with Crippen LogP contribution in [0.1, 0.15) is 406 Å². The Morgan fingerprint density at radius 1 is 0.320 bits per heavy atom. The highest BCUT2D eigenvalue weighted by Gasteiger charge is 2.20. The minimum Gasteiger partial charge on any atom is -0.466 e. The number of hydrogen-bond donors (Lipinski definition) is 3. The van der Waals surface area contributed by atoms with Crippen molar-refractivity contribution in [3.8, 4) is 0 Å². The van der Waals surface area contributed by atoms with Gasteiger partial charge in [0.2, 0.25) is 5.91 Å². The Hall–Kier alpha value is -1.14. The van der Waals surface area contributed by atoms with Gasteiger partial charge in [-0.2, -0.15) is 0 Å². The van der Waals surface area contributed by atoms with E-state index in [4.69, 9.17) is 4.74 Å². The minimum absolute atomic E-state index is 0.0228. The number of nitrogens with one attached hydrogen (secondary N) is 1. The van der Waals surface area contributed by atoms with Crippen molar-refractivity contribution in [1.82, 2.24) is 5.32 Å². The second-order valence-corrected chi connectivity index (χ2v) is 24.2. The van der Waals surface area contributed by atoms with E-state index in [0.717, 1.165) is 38.5 Å². The average molecular weight is 1060 g/mol. The zero-order valence-electron chi connectivity index (χ0n) is 51.3. The second-order valence-electron chi connectivity index (χ2n) is 24.2. The summed E-state index contributed by atoms with van der Waals surface area (Å²) in [5.41, 5.74) is 0. The predicted octanol–water partition coefficient (Wildman–Crippen LogP) is 22.2. The number of amides is 1. The molecule has 75 heavy (non-hydrogen) atoms. The van der Waals surface area contributed by atoms with Gasteiger partial charge in [-0.1, -0.05) is 367 Å². The molecule has 0 fully saturated rings. The summed E-state index contributed by atoms with van der Waals surface area (Å²) in [6.07, 6.45) is 78.6. The number of rotatable bonds is 66. The van der Waals surface area contributed by atoms with E-state index in [1.807, 2.05) is 0 Å². The van der Waals surface area contributed by atoms with Gasteiger partial charge in [-0.3, -0.25) is 9.59 Å². The van der Waals surface area contributed by atoms with Gasteiger partial charge in [0, 0.05) is 12.8 Å². The molecular weight excluding hydrogens is 923 g/mol. The first kappa shape index (κ1) is 73.9. The van der Waals surface area contributed by atoms with Crippen LogP contribution in [0.2, 0.25) is 0 Å². The van der Waals surface area contributed by atoms with Gasteiger partial charge >= 0.3 is 5.97 Å². The van der Waals surface area contributed by atoms with Crippen molar-refractivity contribution >= 4 is 11.9 Å². The normalized spacial score (nSPS) is 12.4. The number of unbranched alkanes of at least 4 members (excludes halogenated alkanes) is 55. The van der Waals surface area contributed by atoms with Crippen LogP contribution in [0.5, 0.6) is 0 Å². The second kappa shape index (κ2) is 65.4. The number of carbonyl (C=O) groups excluding carboxylic acids is 2. The average Bonchev–Trinajstić information content (AvgIpc) is 3.41. The molecular formula is C69H137NO5. The van der Waals surface area contributed by atoms with E-state index >= 15 is 0 Å². The van der Waals surface area contributed by atoms with E-state index in [9.17, 15) is 19.8 Å². The van der Waals surface area contributed by atoms with Gasteiger partial charge in [-0.15, -0.1) is 0 Å². The molecule has 0 aliphatic carbocycles. The quantitative estimate of drug-likeness (QED) is 0.0417. The van der Waals surface area contributed by atoms with Crippen LogP contribution in [0, 0.1) is 0 Å². The molecule has 0 aromatic heterocycles. The van der Waals surface area contributed by atoms with E-state index in [1.165, 1.54) is 334 Å². The van der Waals surface area contributed by atoms with E-state index in [1.54, 1.807) is 0 Å². The first-order valence-corrected chi connectivity index (χ1v) is 34.8. The first-order valence-electron chi connectivity index (χ1n) is 34.8. The number of esters is 1. The maximum atomic E-state index is 12.5. The van der Waals surface area contributed by atoms with Crippen molar-refractivity contribution in [2.45, 2.75) is 418 Å². The number of aliphatic hydroxyl groups is 2. The van der Waals surface area contributed by atoms with Crippen molar-refractivity contribution in [2.75, 3.05) is 13.2 Å². The maximum Gasteiger partial charge on any atom is 0.305 e. The highest BCUT2D eigenvalue weighted by Crippen LogP contribution is 2.19. The summed E-state index contributed by atoms with van der Waals surface area (Å²) >= 11 is 0. The molecule has 0 heterocycles. The van der Waals surface area contributed by atoms with Gasteiger partial charge in [-0.05, 0) is 25.7 Å². The van der Waals surface area contributed by atoms with E-state index in [0.29, 0.717) is 25.9 Å². The van der Waals surface area contributed by atoms with Crippen molar-refractivity contribution < 1.29 is 24.5 Å². The van der Waals surface area contributed by atoms with Crippen LogP contribution in [0.3, 0.4) is 0 Å². The highest BCUT2D eigenvalue weighted by atomic mass is 16.5. The molecule has 0 aromatic carbocycles. The number of hydrogen-bond acceptors (Lipinski definition) is 5. The van der Waals surface area contributed by atoms with Crippen molar-refractivity contribution in [1.29, 1.82) is 0 Å². The SMILES string of the molecule is CCCCCCCCCCCCCCCCCCC(=O)OCCCCCCCCCCCCCCCCCCCCCCCCCCCCCC(=O)NC(CO)C(O)CCCCCCCCCCCCCCCCC. The lowest BCUT2D eigenvalue weighted by atomic mass is 10.0. The highest BCUT2D eigenvalue weighted by molar-refractivity contribution is 5.76. The third-order valence-electron chi connectivity index (χ3n) is 16.7. The first-order chi connectivity index (χ1) is 37.0. The zero-order valence-corrected chi connectivity index (χ0v) is 51.3. The Bertz CT molecular complexity index is 1080. The predicted molar refractivity (Wildman–Crippen MR) is 329 cm³/mol. The standard InChI is InChI=1S/C69H137NO5/c1-3-5-7-9-11-13-15-17-19-35-39-43-47-51-55-59-63-69(74)75-64-60-56-52-48-44-40-36-32-30-28-26-24-22-20-21-23-25-27-29-31-34-38-42-46-50-54-58-62-68(73)70-66(65-71)67(72)61-57-53-49-45-41-37-33-18-16-14-12-10-8-6-4-2/h66-67,71-72H,3-65H2,1-2H3,(H,70,73). The summed E-state index contributed by atoms with van der Waals surface area (Å²) < 4.78 is 5.50. The fourth-order valence-electron chi connectivity index (χ4n) is 11.4. The molecule has 6 heteroatoms. The topological polar surface area (TPSA) is 95.9 Å². The lowest BCUT2D eigenvalue weighted by molar-refractivity contribution is -0.143. The van der Waals surface area contributed by atoms with Crippen molar-refractivity contribution in [3.63, 3.8) is 0 Å². The molecule has 2 unspecified atom stereocenters. The Balaban J connectivity index is 3.32. The molecule has 0 aliphatic heterocycles. The van der Waals surface area contributed by atoms with Crippen molar-refractivity contribution in [3.05, 3.63) is 0 Å². The van der Waals surface area contributed by atoms with Crippen LogP contribution in [-0.2, 0) is 14.3 Å². The molecule has 2 atom stereocenters. The molecule has 0 saturated heterocycles. The summed E-state index contributed by atoms with van der Waals surface area (Å²) in [6, 6.07) is -0.538. The Morgan fingerprint density at radius 2 is 0.547 bits per heavy atom. The molecule has 448 valence electrons. The monoisotopic (exact) mass is 1060 g/mol. The van der Waals surface area contributed by atoms with Crippen molar-refractivity contribution in [2.24, 2.45) is 0 Å². The summed E-state index contributed by atoms with van der Waals surface area (Å²) in [6.45, 7) is 5.00. The number of aliphatic hydroxyl groups excluding tert-OH is 2. The Labute approximate surface area is 470 Å². The van der Waals surface area contributed by atoms with Gasteiger partial charge < -0.3 is 20.3 Å². The molecule has 0 rings (SSSR count). The molecule has 0 radical (unpaired) electrons. The minimum atomic E-state index is -0.661. The summed E-state index contributed by atoms with van der Waals surface area (Å²) in [5.74, 6) is -0.00576. The summed E-state index contributed by atoms with van der Waals surface area (Å²) in [5, 5.41) is 23.3. The number of carbonyl (C=O) groups is 2. The fraction of sp³-hybridized carbons (Fsp3) is 0.971. The van der Waals surface area contributed by atoms with Crippen LogP contribution in [0.4, 0.5) is 0 Å². The van der Waals surface area contributed by atoms with E-state index in [2.05, 4.69) is 19.2 Å². The van der Waals surface area contributed by atoms with E-state index in [-0.39, 0.29) is 18.5 Å². The zero-order chi connectivity index (χ0) is 54.3. The third kappa shape index (κ3) is 61.9. The third-order valence-corrected chi connectivity index (χ3v) is 16.7. The van der Waals surface area contributed by atoms with Crippen LogP contribution in [-0.4, -0.2) is 47.4 Å². The van der Waals surface area contributed by atoms with Crippen LogP contribution in [0.15, 0.2) is 0 Å². The molecule has 0 aliphatic rings.